The summed E-state index contributed by atoms with van der Waals surface area (Å²) in [5.74, 6) is -2.13. The molecule has 1 N–H and O–H groups in total. The maximum atomic E-state index is 14.1. The van der Waals surface area contributed by atoms with Crippen LogP contribution in [0.2, 0.25) is 0 Å². The van der Waals surface area contributed by atoms with Crippen LogP contribution in [-0.2, 0) is 4.79 Å². The third-order valence-corrected chi connectivity index (χ3v) is 3.68. The quantitative estimate of drug-likeness (QED) is 0.904. The van der Waals surface area contributed by atoms with E-state index in [-0.39, 0.29) is 17.4 Å². The van der Waals surface area contributed by atoms with E-state index < -0.39 is 23.7 Å². The topological polar surface area (TPSA) is 88.3 Å². The molecule has 128 valence electrons. The first-order valence-corrected chi connectivity index (χ1v) is 7.45. The summed E-state index contributed by atoms with van der Waals surface area (Å²) in [6.07, 6.45) is 0. The van der Waals surface area contributed by atoms with Crippen LogP contribution in [-0.4, -0.2) is 49.7 Å². The predicted octanol–water partition coefficient (Wildman–Crippen LogP) is 2.07. The van der Waals surface area contributed by atoms with E-state index in [0.29, 0.717) is 5.82 Å². The minimum Gasteiger partial charge on any atom is -0.480 e. The van der Waals surface area contributed by atoms with Gasteiger partial charge in [-0.15, -0.1) is 5.10 Å². The monoisotopic (exact) mass is 334 g/mol. The van der Waals surface area contributed by atoms with E-state index in [1.54, 1.807) is 12.1 Å². The number of halogens is 1. The van der Waals surface area contributed by atoms with E-state index in [0.717, 1.165) is 4.90 Å². The number of rotatable bonds is 5. The smallest absolute Gasteiger partial charge is 0.326 e. The lowest BCUT2D eigenvalue weighted by molar-refractivity contribution is -0.141. The minimum absolute atomic E-state index is 0.110. The molecule has 0 saturated heterocycles. The third-order valence-electron chi connectivity index (χ3n) is 3.68. The van der Waals surface area contributed by atoms with Crippen molar-refractivity contribution in [2.45, 2.75) is 32.7 Å². The number of aliphatic carboxylic acids is 1. The molecular formula is C16H19FN4O3. The Balaban J connectivity index is 2.48. The summed E-state index contributed by atoms with van der Waals surface area (Å²) in [6.45, 7) is 5.08. The number of hydrogen-bond acceptors (Lipinski definition) is 4. The molecule has 1 aromatic carbocycles. The molecule has 0 spiro atoms. The number of carbonyl (C=O) groups excluding carboxylic acids is 1. The van der Waals surface area contributed by atoms with Gasteiger partial charge in [0.1, 0.15) is 23.4 Å². The number of nitrogens with zero attached hydrogens (tertiary/aromatic N) is 4. The van der Waals surface area contributed by atoms with Gasteiger partial charge >= 0.3 is 5.97 Å². The van der Waals surface area contributed by atoms with Crippen molar-refractivity contribution >= 4 is 11.9 Å². The van der Waals surface area contributed by atoms with Crippen LogP contribution in [0.25, 0.3) is 5.69 Å². The number of carboxylic acids is 1. The van der Waals surface area contributed by atoms with Crippen LogP contribution in [0.3, 0.4) is 0 Å². The van der Waals surface area contributed by atoms with Gasteiger partial charge in [-0.3, -0.25) is 4.79 Å². The summed E-state index contributed by atoms with van der Waals surface area (Å²) in [6, 6.07) is 5.01. The van der Waals surface area contributed by atoms with Crippen molar-refractivity contribution in [2.75, 3.05) is 7.05 Å². The molecule has 1 unspecified atom stereocenters. The molecular weight excluding hydrogens is 315 g/mol. The molecule has 1 aromatic heterocycles. The number of carbonyl (C=O) groups is 2. The van der Waals surface area contributed by atoms with Crippen LogP contribution < -0.4 is 0 Å². The van der Waals surface area contributed by atoms with Crippen LogP contribution in [0.1, 0.15) is 43.1 Å². The number of para-hydroxylation sites is 1. The average molecular weight is 334 g/mol. The molecule has 0 saturated carbocycles. The van der Waals surface area contributed by atoms with Gasteiger partial charge in [0.15, 0.2) is 0 Å². The zero-order valence-electron chi connectivity index (χ0n) is 13.9. The molecule has 1 amide bonds. The van der Waals surface area contributed by atoms with E-state index in [1.165, 1.54) is 30.8 Å². The lowest BCUT2D eigenvalue weighted by Crippen LogP contribution is -2.40. The Morgan fingerprint density at radius 3 is 2.42 bits per heavy atom. The van der Waals surface area contributed by atoms with Crippen LogP contribution in [0.4, 0.5) is 4.39 Å². The first-order chi connectivity index (χ1) is 11.2. The standard InChI is InChI=1S/C16H19FN4O3/c1-9(2)14-18-13(15(22)20(4)10(3)16(23)24)19-21(14)12-8-6-5-7-11(12)17/h5-10H,1-4H3,(H,23,24). The predicted molar refractivity (Wildman–Crippen MR) is 84.6 cm³/mol. The average Bonchev–Trinajstić information content (AvgIpc) is 2.98. The van der Waals surface area contributed by atoms with Gasteiger partial charge < -0.3 is 10.0 Å². The van der Waals surface area contributed by atoms with Crippen molar-refractivity contribution in [1.29, 1.82) is 0 Å². The van der Waals surface area contributed by atoms with E-state index >= 15 is 0 Å². The molecule has 8 heteroatoms. The third kappa shape index (κ3) is 3.27. The van der Waals surface area contributed by atoms with E-state index in [9.17, 15) is 14.0 Å². The highest BCUT2D eigenvalue weighted by Crippen LogP contribution is 2.20. The zero-order valence-corrected chi connectivity index (χ0v) is 13.9. The highest BCUT2D eigenvalue weighted by Gasteiger charge is 2.27. The second-order valence-electron chi connectivity index (χ2n) is 5.74. The largest absolute Gasteiger partial charge is 0.480 e. The van der Waals surface area contributed by atoms with Gasteiger partial charge in [0.05, 0.1) is 0 Å². The molecule has 1 atom stereocenters. The van der Waals surface area contributed by atoms with Crippen molar-refractivity contribution in [2.24, 2.45) is 0 Å². The molecule has 0 fully saturated rings. The normalized spacial score (nSPS) is 12.2. The zero-order chi connectivity index (χ0) is 18.0. The number of amides is 1. The maximum absolute atomic E-state index is 14.1. The highest BCUT2D eigenvalue weighted by molar-refractivity contribution is 5.93. The summed E-state index contributed by atoms with van der Waals surface area (Å²) in [4.78, 5) is 28.7. The fraction of sp³-hybridized carbons (Fsp3) is 0.375. The Labute approximate surface area is 138 Å². The maximum Gasteiger partial charge on any atom is 0.326 e. The number of hydrogen-bond donors (Lipinski definition) is 1. The lowest BCUT2D eigenvalue weighted by Gasteiger charge is -2.19. The van der Waals surface area contributed by atoms with Gasteiger partial charge in [-0.05, 0) is 19.1 Å². The Morgan fingerprint density at radius 1 is 1.25 bits per heavy atom. The summed E-state index contributed by atoms with van der Waals surface area (Å²) in [5, 5.41) is 13.1. The van der Waals surface area contributed by atoms with Crippen LogP contribution in [0.5, 0.6) is 0 Å². The van der Waals surface area contributed by atoms with Crippen LogP contribution >= 0.6 is 0 Å². The van der Waals surface area contributed by atoms with Gasteiger partial charge in [-0.25, -0.2) is 18.9 Å². The Bertz CT molecular complexity index is 772. The first-order valence-electron chi connectivity index (χ1n) is 7.45. The minimum atomic E-state index is -1.14. The molecule has 0 aliphatic heterocycles. The fourth-order valence-corrected chi connectivity index (χ4v) is 2.09. The summed E-state index contributed by atoms with van der Waals surface area (Å²) in [7, 11) is 1.36. The summed E-state index contributed by atoms with van der Waals surface area (Å²) >= 11 is 0. The Kier molecular flexibility index (Phi) is 4.96. The highest BCUT2D eigenvalue weighted by atomic mass is 19.1. The van der Waals surface area contributed by atoms with E-state index in [4.69, 9.17) is 5.11 Å². The molecule has 0 aliphatic rings. The molecule has 2 aromatic rings. The fourth-order valence-electron chi connectivity index (χ4n) is 2.09. The molecule has 1 heterocycles. The van der Waals surface area contributed by atoms with E-state index in [1.807, 2.05) is 13.8 Å². The van der Waals surface area contributed by atoms with Crippen LogP contribution in [0.15, 0.2) is 24.3 Å². The van der Waals surface area contributed by atoms with Crippen molar-refractivity contribution < 1.29 is 19.1 Å². The number of likely N-dealkylation sites (N-methyl/N-ethyl adjacent to an activating group) is 1. The summed E-state index contributed by atoms with van der Waals surface area (Å²) in [5.41, 5.74) is 0.182. The lowest BCUT2D eigenvalue weighted by atomic mass is 10.2. The molecule has 7 nitrogen and oxygen atoms in total. The van der Waals surface area contributed by atoms with Gasteiger partial charge in [0, 0.05) is 13.0 Å². The van der Waals surface area contributed by atoms with Crippen molar-refractivity contribution in [1.82, 2.24) is 19.7 Å². The molecule has 0 bridgehead atoms. The van der Waals surface area contributed by atoms with Gasteiger partial charge in [0.25, 0.3) is 5.91 Å². The number of aromatic nitrogens is 3. The van der Waals surface area contributed by atoms with Crippen LogP contribution in [0, 0.1) is 5.82 Å². The first kappa shape index (κ1) is 17.6. The molecule has 0 aliphatic carbocycles. The van der Waals surface area contributed by atoms with Gasteiger partial charge in [0.2, 0.25) is 5.82 Å². The van der Waals surface area contributed by atoms with Crippen molar-refractivity contribution in [3.8, 4) is 5.69 Å². The second kappa shape index (κ2) is 6.77. The Morgan fingerprint density at radius 2 is 1.88 bits per heavy atom. The molecule has 24 heavy (non-hydrogen) atoms. The van der Waals surface area contributed by atoms with E-state index in [2.05, 4.69) is 10.1 Å². The summed E-state index contributed by atoms with van der Waals surface area (Å²) < 4.78 is 15.3. The SMILES string of the molecule is CC(C)c1nc(C(=O)N(C)C(C)C(=O)O)nn1-c1ccccc1F. The van der Waals surface area contributed by atoms with Crippen molar-refractivity contribution in [3.05, 3.63) is 41.7 Å². The number of benzene rings is 1. The second-order valence-corrected chi connectivity index (χ2v) is 5.74. The van der Waals surface area contributed by atoms with Crippen molar-refractivity contribution in [3.63, 3.8) is 0 Å². The van der Waals surface area contributed by atoms with Gasteiger partial charge in [-0.2, -0.15) is 0 Å². The van der Waals surface area contributed by atoms with Gasteiger partial charge in [-0.1, -0.05) is 26.0 Å². The Hall–Kier alpha value is -2.77. The number of carboxylic acid groups (broad SMARTS) is 1. The molecule has 0 radical (unpaired) electrons. The molecule has 2 rings (SSSR count).